The second kappa shape index (κ2) is 7.40. The highest BCUT2D eigenvalue weighted by atomic mass is 16.5. The number of carbonyl (C=O) groups excluding carboxylic acids is 1. The summed E-state index contributed by atoms with van der Waals surface area (Å²) in [5, 5.41) is 7.88. The summed E-state index contributed by atoms with van der Waals surface area (Å²) in [6.45, 7) is 2.18. The van der Waals surface area contributed by atoms with Gasteiger partial charge in [0, 0.05) is 30.4 Å². The van der Waals surface area contributed by atoms with Crippen LogP contribution in [0.3, 0.4) is 0 Å². The van der Waals surface area contributed by atoms with Crippen LogP contribution in [0.4, 0.5) is 0 Å². The van der Waals surface area contributed by atoms with Gasteiger partial charge in [-0.25, -0.2) is 0 Å². The number of fused-ring (bicyclic) bond motifs is 1. The summed E-state index contributed by atoms with van der Waals surface area (Å²) in [6, 6.07) is 10.5. The molecule has 4 rings (SSSR count). The predicted octanol–water partition coefficient (Wildman–Crippen LogP) is 2.85. The molecule has 1 aromatic carbocycles. The molecular weight excluding hydrogens is 314 g/mol. The van der Waals surface area contributed by atoms with Crippen LogP contribution in [0.15, 0.2) is 36.5 Å². The Hall–Kier alpha value is -2.14. The zero-order chi connectivity index (χ0) is 17.1. The van der Waals surface area contributed by atoms with Crippen molar-refractivity contribution in [1.82, 2.24) is 15.1 Å². The number of rotatable bonds is 4. The molecule has 1 aromatic heterocycles. The van der Waals surface area contributed by atoms with E-state index in [9.17, 15) is 4.79 Å². The van der Waals surface area contributed by atoms with Gasteiger partial charge in [0.15, 0.2) is 0 Å². The minimum absolute atomic E-state index is 0.0958. The Morgan fingerprint density at radius 2 is 2.00 bits per heavy atom. The van der Waals surface area contributed by atoms with Crippen molar-refractivity contribution >= 4 is 5.91 Å². The van der Waals surface area contributed by atoms with Crippen LogP contribution in [-0.4, -0.2) is 28.9 Å². The molecule has 0 radical (unpaired) electrons. The maximum absolute atomic E-state index is 12.6. The molecule has 1 atom stereocenters. The van der Waals surface area contributed by atoms with Crippen molar-refractivity contribution in [2.45, 2.75) is 44.7 Å². The third-order valence-corrected chi connectivity index (χ3v) is 5.35. The first-order valence-electron chi connectivity index (χ1n) is 9.28. The average Bonchev–Trinajstić information content (AvgIpc) is 3.07. The Kier molecular flexibility index (Phi) is 4.83. The largest absolute Gasteiger partial charge is 0.381 e. The third-order valence-electron chi connectivity index (χ3n) is 5.35. The first kappa shape index (κ1) is 16.3. The van der Waals surface area contributed by atoms with Crippen molar-refractivity contribution in [3.8, 4) is 0 Å². The molecule has 1 amide bonds. The lowest BCUT2D eigenvalue weighted by atomic mass is 9.91. The van der Waals surface area contributed by atoms with Crippen LogP contribution in [0.2, 0.25) is 0 Å². The van der Waals surface area contributed by atoms with E-state index in [1.807, 2.05) is 12.3 Å². The van der Waals surface area contributed by atoms with Gasteiger partial charge in [0.05, 0.1) is 18.8 Å². The molecule has 2 heterocycles. The lowest BCUT2D eigenvalue weighted by Gasteiger charge is -2.27. The topological polar surface area (TPSA) is 56.2 Å². The van der Waals surface area contributed by atoms with Crippen LogP contribution >= 0.6 is 0 Å². The lowest BCUT2D eigenvalue weighted by molar-refractivity contribution is -0.128. The molecule has 5 heteroatoms. The molecule has 0 saturated carbocycles. The zero-order valence-electron chi connectivity index (χ0n) is 14.5. The molecular formula is C20H25N3O2. The molecule has 1 saturated heterocycles. The fourth-order valence-corrected chi connectivity index (χ4v) is 3.91. The van der Waals surface area contributed by atoms with Gasteiger partial charge in [-0.2, -0.15) is 5.10 Å². The number of benzene rings is 1. The quantitative estimate of drug-likeness (QED) is 0.932. The van der Waals surface area contributed by atoms with E-state index in [1.54, 1.807) is 0 Å². The summed E-state index contributed by atoms with van der Waals surface area (Å²) in [5.74, 6) is 0.274. The lowest BCUT2D eigenvalue weighted by Crippen LogP contribution is -2.37. The third kappa shape index (κ3) is 3.61. The normalized spacial score (nSPS) is 20.9. The molecule has 0 unspecified atom stereocenters. The van der Waals surface area contributed by atoms with Gasteiger partial charge in [-0.15, -0.1) is 0 Å². The van der Waals surface area contributed by atoms with Crippen molar-refractivity contribution in [2.75, 3.05) is 13.2 Å². The summed E-state index contributed by atoms with van der Waals surface area (Å²) in [7, 11) is 0. The highest BCUT2D eigenvalue weighted by molar-refractivity contribution is 5.79. The maximum Gasteiger partial charge on any atom is 0.223 e. The highest BCUT2D eigenvalue weighted by Crippen LogP contribution is 2.30. The summed E-state index contributed by atoms with van der Waals surface area (Å²) in [4.78, 5) is 12.6. The van der Waals surface area contributed by atoms with Crippen molar-refractivity contribution < 1.29 is 9.53 Å². The summed E-state index contributed by atoms with van der Waals surface area (Å²) < 4.78 is 7.46. The maximum atomic E-state index is 12.6. The van der Waals surface area contributed by atoms with Gasteiger partial charge in [-0.1, -0.05) is 30.3 Å². The molecule has 1 aliphatic carbocycles. The van der Waals surface area contributed by atoms with Gasteiger partial charge in [0.25, 0.3) is 0 Å². The van der Waals surface area contributed by atoms with Crippen LogP contribution in [0.1, 0.15) is 48.5 Å². The van der Waals surface area contributed by atoms with Gasteiger partial charge in [-0.05, 0) is 37.7 Å². The monoisotopic (exact) mass is 339 g/mol. The minimum Gasteiger partial charge on any atom is -0.381 e. The smallest absolute Gasteiger partial charge is 0.223 e. The average molecular weight is 339 g/mol. The Morgan fingerprint density at radius 1 is 1.20 bits per heavy atom. The summed E-state index contributed by atoms with van der Waals surface area (Å²) >= 11 is 0. The van der Waals surface area contributed by atoms with E-state index in [1.165, 1.54) is 16.8 Å². The molecule has 1 fully saturated rings. The Labute approximate surface area is 148 Å². The van der Waals surface area contributed by atoms with E-state index >= 15 is 0 Å². The first-order valence-corrected chi connectivity index (χ1v) is 9.28. The minimum atomic E-state index is 0.0958. The van der Waals surface area contributed by atoms with Crippen LogP contribution in [0.5, 0.6) is 0 Å². The number of amides is 1. The number of nitrogens with one attached hydrogen (secondary N) is 1. The second-order valence-electron chi connectivity index (χ2n) is 7.03. The number of hydrogen-bond donors (Lipinski definition) is 1. The van der Waals surface area contributed by atoms with Gasteiger partial charge in [0.1, 0.15) is 0 Å². The summed E-state index contributed by atoms with van der Waals surface area (Å²) in [5.41, 5.74) is 3.72. The van der Waals surface area contributed by atoms with Crippen LogP contribution in [0, 0.1) is 5.92 Å². The Morgan fingerprint density at radius 3 is 2.80 bits per heavy atom. The van der Waals surface area contributed by atoms with E-state index in [0.717, 1.165) is 38.6 Å². The van der Waals surface area contributed by atoms with E-state index in [2.05, 4.69) is 39.4 Å². The van der Waals surface area contributed by atoms with Crippen molar-refractivity contribution in [3.05, 3.63) is 53.3 Å². The number of carbonyl (C=O) groups is 1. The number of aromatic nitrogens is 2. The van der Waals surface area contributed by atoms with E-state index in [-0.39, 0.29) is 17.9 Å². The Balaban J connectivity index is 1.47. The van der Waals surface area contributed by atoms with E-state index in [0.29, 0.717) is 13.2 Å². The fraction of sp³-hybridized carbons (Fsp3) is 0.500. The van der Waals surface area contributed by atoms with Crippen molar-refractivity contribution in [3.63, 3.8) is 0 Å². The van der Waals surface area contributed by atoms with Gasteiger partial charge >= 0.3 is 0 Å². The van der Waals surface area contributed by atoms with Crippen molar-refractivity contribution in [2.24, 2.45) is 5.92 Å². The highest BCUT2D eigenvalue weighted by Gasteiger charge is 2.28. The van der Waals surface area contributed by atoms with Crippen LogP contribution in [0.25, 0.3) is 0 Å². The predicted molar refractivity (Wildman–Crippen MR) is 95.1 cm³/mol. The first-order chi connectivity index (χ1) is 12.3. The standard InChI is InChI=1S/C20H25N3O2/c24-20(16-9-11-25-12-10-16)22-18-7-4-8-19-17(18)13-21-23(19)14-15-5-2-1-3-6-15/h1-3,5-6,13,16,18H,4,7-12,14H2,(H,22,24)/t18-/m1/s1. The Bertz CT molecular complexity index is 720. The zero-order valence-corrected chi connectivity index (χ0v) is 14.5. The molecule has 1 aliphatic heterocycles. The SMILES string of the molecule is O=C(N[C@@H]1CCCc2c1cnn2Cc1ccccc1)C1CCOCC1. The number of ether oxygens (including phenoxy) is 1. The molecule has 25 heavy (non-hydrogen) atoms. The second-order valence-corrected chi connectivity index (χ2v) is 7.03. The molecule has 0 spiro atoms. The molecule has 5 nitrogen and oxygen atoms in total. The van der Waals surface area contributed by atoms with Crippen molar-refractivity contribution in [1.29, 1.82) is 0 Å². The number of nitrogens with zero attached hydrogens (tertiary/aromatic N) is 2. The van der Waals surface area contributed by atoms with E-state index in [4.69, 9.17) is 4.74 Å². The molecule has 2 aromatic rings. The summed E-state index contributed by atoms with van der Waals surface area (Å²) in [6.07, 6.45) is 6.74. The van der Waals surface area contributed by atoms with Gasteiger partial charge in [0.2, 0.25) is 5.91 Å². The van der Waals surface area contributed by atoms with Gasteiger partial charge in [-0.3, -0.25) is 9.48 Å². The molecule has 1 N–H and O–H groups in total. The molecule has 132 valence electrons. The van der Waals surface area contributed by atoms with E-state index < -0.39 is 0 Å². The molecule has 0 bridgehead atoms. The van der Waals surface area contributed by atoms with Crippen LogP contribution < -0.4 is 5.32 Å². The molecule has 2 aliphatic rings. The van der Waals surface area contributed by atoms with Gasteiger partial charge < -0.3 is 10.1 Å². The number of hydrogen-bond acceptors (Lipinski definition) is 3. The fourth-order valence-electron chi connectivity index (χ4n) is 3.91. The van der Waals surface area contributed by atoms with Crippen LogP contribution in [-0.2, 0) is 22.5 Å².